The van der Waals surface area contributed by atoms with Gasteiger partial charge in [0.05, 0.1) is 5.69 Å². The molecule has 0 aliphatic carbocycles. The monoisotopic (exact) mass is 151 g/mol. The SMILES string of the molecule is CCc1nccc(CNC)n1. The van der Waals surface area contributed by atoms with Crippen LogP contribution in [0.15, 0.2) is 12.3 Å². The molecule has 0 saturated heterocycles. The molecule has 1 rings (SSSR count). The summed E-state index contributed by atoms with van der Waals surface area (Å²) in [6.07, 6.45) is 2.70. The second kappa shape index (κ2) is 4.03. The van der Waals surface area contributed by atoms with E-state index < -0.39 is 0 Å². The van der Waals surface area contributed by atoms with Crippen LogP contribution in [0.3, 0.4) is 0 Å². The predicted molar refractivity (Wildman–Crippen MR) is 44.2 cm³/mol. The van der Waals surface area contributed by atoms with Gasteiger partial charge in [-0.2, -0.15) is 0 Å². The van der Waals surface area contributed by atoms with Crippen molar-refractivity contribution in [2.24, 2.45) is 0 Å². The van der Waals surface area contributed by atoms with Gasteiger partial charge in [-0.05, 0) is 13.1 Å². The third-order valence-electron chi connectivity index (χ3n) is 1.44. The molecular weight excluding hydrogens is 138 g/mol. The van der Waals surface area contributed by atoms with Crippen LogP contribution in [0.25, 0.3) is 0 Å². The average molecular weight is 151 g/mol. The molecule has 0 amide bonds. The summed E-state index contributed by atoms with van der Waals surface area (Å²) >= 11 is 0. The molecule has 0 aromatic carbocycles. The average Bonchev–Trinajstić information content (AvgIpc) is 2.06. The Labute approximate surface area is 66.9 Å². The minimum Gasteiger partial charge on any atom is -0.314 e. The van der Waals surface area contributed by atoms with E-state index in [1.807, 2.05) is 13.1 Å². The van der Waals surface area contributed by atoms with Crippen LogP contribution >= 0.6 is 0 Å². The zero-order valence-corrected chi connectivity index (χ0v) is 6.96. The van der Waals surface area contributed by atoms with Gasteiger partial charge in [0.2, 0.25) is 0 Å². The Balaban J connectivity index is 2.74. The van der Waals surface area contributed by atoms with Crippen molar-refractivity contribution in [3.05, 3.63) is 23.8 Å². The van der Waals surface area contributed by atoms with Gasteiger partial charge in [-0.25, -0.2) is 9.97 Å². The van der Waals surface area contributed by atoms with Gasteiger partial charge in [0.25, 0.3) is 0 Å². The van der Waals surface area contributed by atoms with Crippen molar-refractivity contribution in [1.82, 2.24) is 15.3 Å². The maximum atomic E-state index is 4.31. The molecule has 0 aliphatic heterocycles. The highest BCUT2D eigenvalue weighted by Gasteiger charge is 1.94. The maximum Gasteiger partial charge on any atom is 0.128 e. The molecule has 11 heavy (non-hydrogen) atoms. The van der Waals surface area contributed by atoms with E-state index in [1.165, 1.54) is 0 Å². The fraction of sp³-hybridized carbons (Fsp3) is 0.500. The molecule has 1 aromatic rings. The van der Waals surface area contributed by atoms with E-state index in [4.69, 9.17) is 0 Å². The molecule has 0 atom stereocenters. The minimum atomic E-state index is 0.815. The van der Waals surface area contributed by atoms with Crippen LogP contribution in [0, 0.1) is 0 Å². The molecule has 0 unspecified atom stereocenters. The summed E-state index contributed by atoms with van der Waals surface area (Å²) < 4.78 is 0. The first-order chi connectivity index (χ1) is 5.36. The first-order valence-electron chi connectivity index (χ1n) is 3.82. The van der Waals surface area contributed by atoms with E-state index in [9.17, 15) is 0 Å². The van der Waals surface area contributed by atoms with Gasteiger partial charge in [0.1, 0.15) is 5.82 Å². The summed E-state index contributed by atoms with van der Waals surface area (Å²) in [5.41, 5.74) is 1.05. The van der Waals surface area contributed by atoms with Crippen LogP contribution < -0.4 is 5.32 Å². The highest BCUT2D eigenvalue weighted by Crippen LogP contribution is 1.94. The lowest BCUT2D eigenvalue weighted by Crippen LogP contribution is -2.08. The Morgan fingerprint density at radius 2 is 2.36 bits per heavy atom. The molecule has 1 N–H and O–H groups in total. The summed E-state index contributed by atoms with van der Waals surface area (Å²) in [4.78, 5) is 8.41. The molecule has 3 nitrogen and oxygen atoms in total. The van der Waals surface area contributed by atoms with E-state index in [1.54, 1.807) is 6.20 Å². The van der Waals surface area contributed by atoms with Gasteiger partial charge in [-0.3, -0.25) is 0 Å². The first kappa shape index (κ1) is 8.14. The second-order valence-electron chi connectivity index (χ2n) is 2.35. The van der Waals surface area contributed by atoms with Gasteiger partial charge < -0.3 is 5.32 Å². The molecule has 1 heterocycles. The molecule has 0 saturated carbocycles. The predicted octanol–water partition coefficient (Wildman–Crippen LogP) is 0.758. The molecular formula is C8H13N3. The molecule has 60 valence electrons. The topological polar surface area (TPSA) is 37.8 Å². The van der Waals surface area contributed by atoms with Crippen molar-refractivity contribution >= 4 is 0 Å². The van der Waals surface area contributed by atoms with Gasteiger partial charge in [0.15, 0.2) is 0 Å². The van der Waals surface area contributed by atoms with Crippen molar-refractivity contribution in [2.75, 3.05) is 7.05 Å². The quantitative estimate of drug-likeness (QED) is 0.693. The molecule has 0 bridgehead atoms. The van der Waals surface area contributed by atoms with Crippen molar-refractivity contribution in [1.29, 1.82) is 0 Å². The fourth-order valence-corrected chi connectivity index (χ4v) is 0.891. The Morgan fingerprint density at radius 1 is 1.55 bits per heavy atom. The number of aromatic nitrogens is 2. The summed E-state index contributed by atoms with van der Waals surface area (Å²) in [5, 5.41) is 3.05. The van der Waals surface area contributed by atoms with Crippen LogP contribution in [-0.2, 0) is 13.0 Å². The van der Waals surface area contributed by atoms with Crippen LogP contribution in [0.2, 0.25) is 0 Å². The van der Waals surface area contributed by atoms with Crippen LogP contribution in [0.1, 0.15) is 18.4 Å². The second-order valence-corrected chi connectivity index (χ2v) is 2.35. The standard InChI is InChI=1S/C8H13N3/c1-3-8-10-5-4-7(11-8)6-9-2/h4-5,9H,3,6H2,1-2H3. The smallest absolute Gasteiger partial charge is 0.128 e. The van der Waals surface area contributed by atoms with Crippen molar-refractivity contribution in [2.45, 2.75) is 19.9 Å². The number of hydrogen-bond acceptors (Lipinski definition) is 3. The lowest BCUT2D eigenvalue weighted by atomic mass is 10.3. The van der Waals surface area contributed by atoms with Crippen molar-refractivity contribution < 1.29 is 0 Å². The first-order valence-corrected chi connectivity index (χ1v) is 3.82. The highest BCUT2D eigenvalue weighted by molar-refractivity contribution is 5.01. The van der Waals surface area contributed by atoms with Gasteiger partial charge in [-0.15, -0.1) is 0 Å². The molecule has 3 heteroatoms. The van der Waals surface area contributed by atoms with Crippen LogP contribution in [0.4, 0.5) is 0 Å². The fourth-order valence-electron chi connectivity index (χ4n) is 0.891. The number of nitrogens with zero attached hydrogens (tertiary/aromatic N) is 2. The molecule has 0 fully saturated rings. The number of rotatable bonds is 3. The van der Waals surface area contributed by atoms with Gasteiger partial charge in [-0.1, -0.05) is 6.92 Å². The molecule has 0 spiro atoms. The third kappa shape index (κ3) is 2.27. The highest BCUT2D eigenvalue weighted by atomic mass is 14.9. The van der Waals surface area contributed by atoms with E-state index in [0.29, 0.717) is 0 Å². The van der Waals surface area contributed by atoms with Gasteiger partial charge >= 0.3 is 0 Å². The Hall–Kier alpha value is -0.960. The number of aryl methyl sites for hydroxylation is 1. The Morgan fingerprint density at radius 3 is 3.00 bits per heavy atom. The zero-order valence-electron chi connectivity index (χ0n) is 6.96. The maximum absolute atomic E-state index is 4.31. The minimum absolute atomic E-state index is 0.815. The summed E-state index contributed by atoms with van der Waals surface area (Å²) in [6.45, 7) is 2.87. The molecule has 0 radical (unpaired) electrons. The Bertz CT molecular complexity index is 222. The molecule has 0 aliphatic rings. The van der Waals surface area contributed by atoms with Crippen LogP contribution in [0.5, 0.6) is 0 Å². The largest absolute Gasteiger partial charge is 0.314 e. The number of hydrogen-bond donors (Lipinski definition) is 1. The van der Waals surface area contributed by atoms with E-state index in [-0.39, 0.29) is 0 Å². The third-order valence-corrected chi connectivity index (χ3v) is 1.44. The molecule has 1 aromatic heterocycles. The van der Waals surface area contributed by atoms with Gasteiger partial charge in [0, 0.05) is 19.2 Å². The summed E-state index contributed by atoms with van der Waals surface area (Å²) in [7, 11) is 1.91. The summed E-state index contributed by atoms with van der Waals surface area (Å²) in [6, 6.07) is 1.93. The van der Waals surface area contributed by atoms with Crippen molar-refractivity contribution in [3.8, 4) is 0 Å². The van der Waals surface area contributed by atoms with E-state index >= 15 is 0 Å². The van der Waals surface area contributed by atoms with Crippen molar-refractivity contribution in [3.63, 3.8) is 0 Å². The van der Waals surface area contributed by atoms with E-state index in [2.05, 4.69) is 22.2 Å². The normalized spacial score (nSPS) is 10.0. The van der Waals surface area contributed by atoms with E-state index in [0.717, 1.165) is 24.5 Å². The lowest BCUT2D eigenvalue weighted by Gasteiger charge is -1.99. The summed E-state index contributed by atoms with van der Waals surface area (Å²) in [5.74, 6) is 0.915. The Kier molecular flexibility index (Phi) is 2.98. The zero-order chi connectivity index (χ0) is 8.10. The van der Waals surface area contributed by atoms with Crippen LogP contribution in [-0.4, -0.2) is 17.0 Å². The lowest BCUT2D eigenvalue weighted by molar-refractivity contribution is 0.769. The number of nitrogens with one attached hydrogen (secondary N) is 1.